The van der Waals surface area contributed by atoms with Crippen molar-refractivity contribution in [1.82, 2.24) is 20.1 Å². The molecule has 0 aliphatic carbocycles. The first-order chi connectivity index (χ1) is 9.33. The fourth-order valence-corrected chi connectivity index (χ4v) is 2.25. The van der Waals surface area contributed by atoms with E-state index >= 15 is 0 Å². The maximum atomic E-state index is 13.7. The van der Waals surface area contributed by atoms with Crippen molar-refractivity contribution in [2.45, 2.75) is 18.6 Å². The molecule has 1 saturated heterocycles. The van der Waals surface area contributed by atoms with E-state index in [4.69, 9.17) is 0 Å². The van der Waals surface area contributed by atoms with Crippen LogP contribution in [0, 0.1) is 0 Å². The van der Waals surface area contributed by atoms with Crippen LogP contribution in [0.3, 0.4) is 0 Å². The molecule has 0 saturated carbocycles. The highest BCUT2D eigenvalue weighted by molar-refractivity contribution is 5.85. The number of nitrogens with zero attached hydrogens (tertiary/aromatic N) is 3. The number of halogens is 2. The van der Waals surface area contributed by atoms with E-state index < -0.39 is 6.17 Å². The van der Waals surface area contributed by atoms with Gasteiger partial charge in [-0.15, -0.1) is 12.4 Å². The third kappa shape index (κ3) is 3.26. The molecule has 0 amide bonds. The fraction of sp³-hybridized carbons (Fsp3) is 0.385. The molecule has 3 heterocycles. The van der Waals surface area contributed by atoms with Gasteiger partial charge in [0.05, 0.1) is 29.8 Å². The minimum absolute atomic E-state index is 0. The van der Waals surface area contributed by atoms with Crippen LogP contribution >= 0.6 is 12.4 Å². The van der Waals surface area contributed by atoms with Crippen molar-refractivity contribution < 1.29 is 4.39 Å². The molecule has 3 rings (SSSR count). The Bertz CT molecular complexity index is 533. The van der Waals surface area contributed by atoms with Gasteiger partial charge in [0.15, 0.2) is 0 Å². The third-order valence-corrected chi connectivity index (χ3v) is 3.25. The van der Waals surface area contributed by atoms with Crippen molar-refractivity contribution in [3.8, 4) is 5.69 Å². The van der Waals surface area contributed by atoms with Crippen LogP contribution in [0.5, 0.6) is 0 Å². The lowest BCUT2D eigenvalue weighted by molar-refractivity contribution is 0.245. The summed E-state index contributed by atoms with van der Waals surface area (Å²) in [5.74, 6) is 0. The normalized spacial score (nSPS) is 22.1. The smallest absolute Gasteiger partial charge is 0.132 e. The number of rotatable bonds is 3. The molecule has 0 radical (unpaired) electrons. The van der Waals surface area contributed by atoms with Crippen molar-refractivity contribution in [3.05, 3.63) is 36.9 Å². The zero-order valence-electron chi connectivity index (χ0n) is 10.9. The SMILES string of the molecule is Cl.F[C@@H]1CNCC[C@@H]1Nc1cncc(-n2cccn2)c1. The molecule has 2 aromatic rings. The Morgan fingerprint density at radius 2 is 2.30 bits per heavy atom. The van der Waals surface area contributed by atoms with Crippen LogP contribution in [-0.2, 0) is 0 Å². The minimum Gasteiger partial charge on any atom is -0.378 e. The number of hydrogen-bond donors (Lipinski definition) is 2. The Kier molecular flexibility index (Phi) is 4.92. The number of alkyl halides is 1. The van der Waals surface area contributed by atoms with Crippen LogP contribution in [0.1, 0.15) is 6.42 Å². The Labute approximate surface area is 123 Å². The van der Waals surface area contributed by atoms with E-state index in [1.165, 1.54) is 0 Å². The highest BCUT2D eigenvalue weighted by atomic mass is 35.5. The van der Waals surface area contributed by atoms with Gasteiger partial charge >= 0.3 is 0 Å². The summed E-state index contributed by atoms with van der Waals surface area (Å²) in [6.45, 7) is 1.24. The van der Waals surface area contributed by atoms with E-state index in [1.54, 1.807) is 23.3 Å². The van der Waals surface area contributed by atoms with Crippen LogP contribution in [0.25, 0.3) is 5.69 Å². The van der Waals surface area contributed by atoms with Crippen LogP contribution in [0.2, 0.25) is 0 Å². The first-order valence-electron chi connectivity index (χ1n) is 6.39. The Morgan fingerprint density at radius 1 is 1.40 bits per heavy atom. The van der Waals surface area contributed by atoms with E-state index in [9.17, 15) is 4.39 Å². The molecule has 0 aromatic carbocycles. The number of aromatic nitrogens is 3. The Balaban J connectivity index is 0.00000147. The molecule has 2 aromatic heterocycles. The van der Waals surface area contributed by atoms with Gasteiger partial charge in [-0.25, -0.2) is 9.07 Å². The summed E-state index contributed by atoms with van der Waals surface area (Å²) < 4.78 is 15.5. The van der Waals surface area contributed by atoms with Gasteiger partial charge in [0.25, 0.3) is 0 Å². The van der Waals surface area contributed by atoms with Gasteiger partial charge in [0, 0.05) is 18.9 Å². The second-order valence-corrected chi connectivity index (χ2v) is 4.64. The Hall–Kier alpha value is -1.66. The van der Waals surface area contributed by atoms with E-state index in [1.807, 2.05) is 18.3 Å². The molecular weight excluding hydrogens is 281 g/mol. The molecule has 2 N–H and O–H groups in total. The summed E-state index contributed by atoms with van der Waals surface area (Å²) >= 11 is 0. The van der Waals surface area contributed by atoms with E-state index in [0.717, 1.165) is 24.3 Å². The van der Waals surface area contributed by atoms with E-state index in [2.05, 4.69) is 20.7 Å². The molecule has 0 bridgehead atoms. The summed E-state index contributed by atoms with van der Waals surface area (Å²) in [5.41, 5.74) is 1.68. The average molecular weight is 298 g/mol. The molecule has 1 fully saturated rings. The van der Waals surface area contributed by atoms with E-state index in [0.29, 0.717) is 6.54 Å². The molecular formula is C13H17ClFN5. The van der Waals surface area contributed by atoms with Gasteiger partial charge in [0.1, 0.15) is 6.17 Å². The zero-order chi connectivity index (χ0) is 13.1. The number of pyridine rings is 1. The van der Waals surface area contributed by atoms with Gasteiger partial charge in [-0.1, -0.05) is 0 Å². The lowest BCUT2D eigenvalue weighted by Crippen LogP contribution is -2.45. The molecule has 20 heavy (non-hydrogen) atoms. The topological polar surface area (TPSA) is 54.8 Å². The van der Waals surface area contributed by atoms with Gasteiger partial charge in [-0.2, -0.15) is 5.10 Å². The van der Waals surface area contributed by atoms with Crippen molar-refractivity contribution in [2.24, 2.45) is 0 Å². The summed E-state index contributed by atoms with van der Waals surface area (Å²) in [6.07, 6.45) is 6.90. The van der Waals surface area contributed by atoms with Gasteiger partial charge in [0.2, 0.25) is 0 Å². The first kappa shape index (κ1) is 14.7. The van der Waals surface area contributed by atoms with Gasteiger partial charge in [-0.3, -0.25) is 4.98 Å². The average Bonchev–Trinajstić information content (AvgIpc) is 2.96. The molecule has 1 aliphatic heterocycles. The summed E-state index contributed by atoms with van der Waals surface area (Å²) in [4.78, 5) is 4.17. The maximum Gasteiger partial charge on any atom is 0.132 e. The molecule has 1 aliphatic rings. The zero-order valence-corrected chi connectivity index (χ0v) is 11.7. The molecule has 7 heteroatoms. The van der Waals surface area contributed by atoms with Crippen LogP contribution in [-0.4, -0.2) is 40.1 Å². The predicted molar refractivity (Wildman–Crippen MR) is 78.4 cm³/mol. The summed E-state index contributed by atoms with van der Waals surface area (Å²) in [6, 6.07) is 3.62. The van der Waals surface area contributed by atoms with Crippen LogP contribution < -0.4 is 10.6 Å². The van der Waals surface area contributed by atoms with Crippen LogP contribution in [0.4, 0.5) is 10.1 Å². The Morgan fingerprint density at radius 3 is 3.05 bits per heavy atom. The van der Waals surface area contributed by atoms with E-state index in [-0.39, 0.29) is 18.4 Å². The monoisotopic (exact) mass is 297 g/mol. The molecule has 108 valence electrons. The number of anilines is 1. The predicted octanol–water partition coefficient (Wildman–Crippen LogP) is 1.80. The lowest BCUT2D eigenvalue weighted by atomic mass is 10.0. The van der Waals surface area contributed by atoms with Crippen molar-refractivity contribution in [3.63, 3.8) is 0 Å². The number of piperidine rings is 1. The lowest BCUT2D eigenvalue weighted by Gasteiger charge is -2.28. The minimum atomic E-state index is -0.873. The van der Waals surface area contributed by atoms with Crippen molar-refractivity contribution >= 4 is 18.1 Å². The number of hydrogen-bond acceptors (Lipinski definition) is 4. The van der Waals surface area contributed by atoms with Crippen LogP contribution in [0.15, 0.2) is 36.9 Å². The quantitative estimate of drug-likeness (QED) is 0.907. The van der Waals surface area contributed by atoms with Gasteiger partial charge < -0.3 is 10.6 Å². The maximum absolute atomic E-state index is 13.7. The number of nitrogens with one attached hydrogen (secondary N) is 2. The molecule has 2 atom stereocenters. The molecule has 0 unspecified atom stereocenters. The third-order valence-electron chi connectivity index (χ3n) is 3.25. The summed E-state index contributed by atoms with van der Waals surface area (Å²) in [5, 5.41) is 10.4. The second-order valence-electron chi connectivity index (χ2n) is 4.64. The molecule has 0 spiro atoms. The highest BCUT2D eigenvalue weighted by Gasteiger charge is 2.24. The highest BCUT2D eigenvalue weighted by Crippen LogP contribution is 2.17. The largest absolute Gasteiger partial charge is 0.378 e. The summed E-state index contributed by atoms with van der Waals surface area (Å²) in [7, 11) is 0. The van der Waals surface area contributed by atoms with Crippen molar-refractivity contribution in [2.75, 3.05) is 18.4 Å². The second kappa shape index (κ2) is 6.67. The first-order valence-corrected chi connectivity index (χ1v) is 6.39. The standard InChI is InChI=1S/C13H16FN5.ClH/c14-12-9-15-4-2-13(12)18-10-6-11(8-16-7-10)19-5-1-3-17-19;/h1,3,5-8,12-13,15,18H,2,4,9H2;1H/t12-,13+;/m1./s1. The van der Waals surface area contributed by atoms with Gasteiger partial charge in [-0.05, 0) is 25.1 Å². The van der Waals surface area contributed by atoms with Crippen molar-refractivity contribution in [1.29, 1.82) is 0 Å². The fourth-order valence-electron chi connectivity index (χ4n) is 2.25. The molecule has 5 nitrogen and oxygen atoms in total.